The van der Waals surface area contributed by atoms with E-state index in [9.17, 15) is 5.11 Å². The van der Waals surface area contributed by atoms with Crippen molar-refractivity contribution in [1.29, 1.82) is 0 Å². The largest absolute Gasteiger partial charge is 0.484 e. The van der Waals surface area contributed by atoms with Crippen LogP contribution in [0.4, 0.5) is 0 Å². The van der Waals surface area contributed by atoms with Gasteiger partial charge in [-0.2, -0.15) is 0 Å². The molecular weight excluding hydrogens is 392 g/mol. The van der Waals surface area contributed by atoms with E-state index in [0.717, 1.165) is 67.5 Å². The molecule has 2 bridgehead atoms. The summed E-state index contributed by atoms with van der Waals surface area (Å²) in [5, 5.41) is 19.9. The highest BCUT2D eigenvalue weighted by Gasteiger charge is 2.55. The molecule has 1 aliphatic heterocycles. The highest BCUT2D eigenvalue weighted by Crippen LogP contribution is 2.59. The summed E-state index contributed by atoms with van der Waals surface area (Å²) >= 11 is 0. The summed E-state index contributed by atoms with van der Waals surface area (Å²) in [4.78, 5) is 4.57. The van der Waals surface area contributed by atoms with Crippen molar-refractivity contribution in [1.82, 2.24) is 20.0 Å². The molecule has 2 aliphatic carbocycles. The van der Waals surface area contributed by atoms with E-state index < -0.39 is 0 Å². The Bertz CT molecular complexity index is 1130. The maximum absolute atomic E-state index is 9.83. The minimum absolute atomic E-state index is 0.0173. The molecule has 6 rings (SSSR count). The second kappa shape index (κ2) is 7.00. The number of benzene rings is 1. The predicted molar refractivity (Wildman–Crippen MR) is 115 cm³/mol. The lowest BCUT2D eigenvalue weighted by Crippen LogP contribution is -2.29. The third-order valence-electron chi connectivity index (χ3n) is 7.80. The number of pyridine rings is 1. The molecule has 162 valence electrons. The van der Waals surface area contributed by atoms with Crippen LogP contribution in [0.25, 0.3) is 10.9 Å². The minimum Gasteiger partial charge on any atom is -0.484 e. The van der Waals surface area contributed by atoms with Gasteiger partial charge in [0.15, 0.2) is 0 Å². The van der Waals surface area contributed by atoms with Gasteiger partial charge in [0.2, 0.25) is 0 Å². The van der Waals surface area contributed by atoms with Crippen LogP contribution in [0.3, 0.4) is 0 Å². The highest BCUT2D eigenvalue weighted by molar-refractivity contribution is 5.84. The molecule has 7 heteroatoms. The lowest BCUT2D eigenvalue weighted by atomic mass is 9.85. The number of rotatable bonds is 5. The molecule has 1 N–H and O–H groups in total. The van der Waals surface area contributed by atoms with Gasteiger partial charge in [0.1, 0.15) is 17.5 Å². The molecule has 0 amide bonds. The molecule has 7 nitrogen and oxygen atoms in total. The maximum Gasteiger partial charge on any atom is 0.141 e. The molecule has 3 aliphatic rings. The second-order valence-corrected chi connectivity index (χ2v) is 9.65. The highest BCUT2D eigenvalue weighted by atomic mass is 16.5. The van der Waals surface area contributed by atoms with E-state index in [1.165, 1.54) is 11.1 Å². The van der Waals surface area contributed by atoms with Crippen LogP contribution in [0.5, 0.6) is 5.75 Å². The van der Waals surface area contributed by atoms with Gasteiger partial charge in [-0.3, -0.25) is 4.98 Å². The summed E-state index contributed by atoms with van der Waals surface area (Å²) in [6.07, 6.45) is 9.96. The molecule has 1 atom stereocenters. The maximum atomic E-state index is 9.83. The molecule has 0 unspecified atom stereocenters. The third kappa shape index (κ3) is 3.05. The Hall–Kier alpha value is -2.51. The van der Waals surface area contributed by atoms with Gasteiger partial charge in [0.05, 0.1) is 30.5 Å². The van der Waals surface area contributed by atoms with Gasteiger partial charge >= 0.3 is 0 Å². The van der Waals surface area contributed by atoms with E-state index >= 15 is 0 Å². The number of aromatic nitrogens is 4. The molecule has 0 radical (unpaired) electrons. The first-order valence-corrected chi connectivity index (χ1v) is 11.3. The third-order valence-corrected chi connectivity index (χ3v) is 7.80. The van der Waals surface area contributed by atoms with Gasteiger partial charge < -0.3 is 14.6 Å². The Balaban J connectivity index is 1.24. The van der Waals surface area contributed by atoms with Gasteiger partial charge in [-0.15, -0.1) is 5.10 Å². The number of aliphatic hydroxyl groups is 1. The van der Waals surface area contributed by atoms with Crippen LogP contribution in [-0.2, 0) is 23.3 Å². The van der Waals surface area contributed by atoms with Crippen LogP contribution in [-0.4, -0.2) is 38.3 Å². The summed E-state index contributed by atoms with van der Waals surface area (Å²) in [5.41, 5.74) is 4.42. The van der Waals surface area contributed by atoms with Crippen molar-refractivity contribution in [3.63, 3.8) is 0 Å². The number of nitrogens with zero attached hydrogens (tertiary/aromatic N) is 4. The van der Waals surface area contributed by atoms with E-state index in [0.29, 0.717) is 6.61 Å². The van der Waals surface area contributed by atoms with Crippen molar-refractivity contribution < 1.29 is 14.6 Å². The van der Waals surface area contributed by atoms with Crippen molar-refractivity contribution >= 4 is 10.9 Å². The summed E-state index contributed by atoms with van der Waals surface area (Å²) in [7, 11) is 0. The van der Waals surface area contributed by atoms with Crippen LogP contribution in [0, 0.1) is 5.41 Å². The Labute approximate surface area is 181 Å². The summed E-state index contributed by atoms with van der Waals surface area (Å²) < 4.78 is 13.9. The smallest absolute Gasteiger partial charge is 0.141 e. The van der Waals surface area contributed by atoms with E-state index in [2.05, 4.69) is 21.4 Å². The molecule has 3 aromatic rings. The molecule has 2 fully saturated rings. The van der Waals surface area contributed by atoms with Crippen molar-refractivity contribution in [2.75, 3.05) is 13.2 Å². The van der Waals surface area contributed by atoms with Gasteiger partial charge in [-0.1, -0.05) is 5.21 Å². The van der Waals surface area contributed by atoms with Crippen molar-refractivity contribution in [3.8, 4) is 5.75 Å². The first-order chi connectivity index (χ1) is 15.1. The molecule has 2 saturated carbocycles. The minimum atomic E-state index is -0.205. The Morgan fingerprint density at radius 2 is 2.13 bits per heavy atom. The molecule has 31 heavy (non-hydrogen) atoms. The Morgan fingerprint density at radius 1 is 1.26 bits per heavy atom. The Kier molecular flexibility index (Phi) is 4.34. The molecule has 3 heterocycles. The average molecular weight is 421 g/mol. The zero-order valence-electron chi connectivity index (χ0n) is 17.9. The number of hydrogen-bond acceptors (Lipinski definition) is 6. The molecule has 0 spiro atoms. The Morgan fingerprint density at radius 3 is 2.94 bits per heavy atom. The van der Waals surface area contributed by atoms with Crippen LogP contribution in [0.2, 0.25) is 0 Å². The average Bonchev–Trinajstić information content (AvgIpc) is 3.54. The fourth-order valence-electron chi connectivity index (χ4n) is 5.90. The van der Waals surface area contributed by atoms with Crippen LogP contribution in [0.1, 0.15) is 62.0 Å². The molecular formula is C24H28N4O3. The van der Waals surface area contributed by atoms with Gasteiger partial charge in [-0.05, 0) is 80.2 Å². The summed E-state index contributed by atoms with van der Waals surface area (Å²) in [6, 6.07) is 6.09. The summed E-state index contributed by atoms with van der Waals surface area (Å²) in [5.74, 6) is 0.815. The van der Waals surface area contributed by atoms with Gasteiger partial charge in [0.25, 0.3) is 0 Å². The fourth-order valence-corrected chi connectivity index (χ4v) is 5.90. The number of fused-ring (bicyclic) bond motifs is 5. The van der Waals surface area contributed by atoms with Crippen molar-refractivity contribution in [2.24, 2.45) is 5.41 Å². The lowest BCUT2D eigenvalue weighted by molar-refractivity contribution is 0.111. The predicted octanol–water partition coefficient (Wildman–Crippen LogP) is 3.69. The van der Waals surface area contributed by atoms with Crippen LogP contribution in [0.15, 0.2) is 30.6 Å². The van der Waals surface area contributed by atoms with E-state index in [4.69, 9.17) is 9.47 Å². The normalized spacial score (nSPS) is 28.1. The van der Waals surface area contributed by atoms with Gasteiger partial charge in [0, 0.05) is 18.2 Å². The zero-order chi connectivity index (χ0) is 21.1. The number of ether oxygens (including phenoxy) is 2. The van der Waals surface area contributed by atoms with E-state index in [1.807, 2.05) is 36.1 Å². The quantitative estimate of drug-likeness (QED) is 0.678. The monoisotopic (exact) mass is 420 g/mol. The lowest BCUT2D eigenvalue weighted by Gasteiger charge is -2.26. The fraction of sp³-hybridized carbons (Fsp3) is 0.542. The second-order valence-electron chi connectivity index (χ2n) is 9.65. The standard InChI is InChI=1S/C24H28N4O3/c1-16(22-12-28(27-26-22)24-7-5-23(14-24,15-29)6-8-24)31-18-2-3-21-20(10-18)19-4-9-30-13-17(19)11-25-21/h2-3,10-12,16,29H,4-9,13-15H2,1H3/t16-,23?,24?/m1/s1. The first-order valence-electron chi connectivity index (χ1n) is 11.3. The molecule has 0 saturated heterocycles. The molecule has 1 aromatic carbocycles. The SMILES string of the molecule is C[C@@H](Oc1ccc2ncc3c(c2c1)CCOC3)c1cn(C23CCC(CO)(CC2)C3)nn1. The van der Waals surface area contributed by atoms with Crippen molar-refractivity contribution in [2.45, 2.75) is 63.7 Å². The first kappa shape index (κ1) is 19.2. The molecule has 2 aromatic heterocycles. The van der Waals surface area contributed by atoms with Crippen molar-refractivity contribution in [3.05, 3.63) is 47.4 Å². The van der Waals surface area contributed by atoms with E-state index in [1.54, 1.807) is 0 Å². The van der Waals surface area contributed by atoms with Gasteiger partial charge in [-0.25, -0.2) is 4.68 Å². The zero-order valence-corrected chi connectivity index (χ0v) is 17.9. The number of aliphatic hydroxyl groups excluding tert-OH is 1. The van der Waals surface area contributed by atoms with Crippen LogP contribution >= 0.6 is 0 Å². The van der Waals surface area contributed by atoms with E-state index in [-0.39, 0.29) is 23.7 Å². The topological polar surface area (TPSA) is 82.3 Å². The van der Waals surface area contributed by atoms with Crippen LogP contribution < -0.4 is 4.74 Å². The number of hydrogen-bond donors (Lipinski definition) is 1. The summed E-state index contributed by atoms with van der Waals surface area (Å²) in [6.45, 7) is 3.67.